The molecule has 0 saturated heterocycles. The first-order valence-electron chi connectivity index (χ1n) is 7.88. The van der Waals surface area contributed by atoms with E-state index in [1.165, 1.54) is 17.0 Å². The lowest BCUT2D eigenvalue weighted by molar-refractivity contribution is -0.124. The van der Waals surface area contributed by atoms with E-state index in [0.29, 0.717) is 0 Å². The highest BCUT2D eigenvalue weighted by atomic mass is 19.2. The van der Waals surface area contributed by atoms with Crippen molar-refractivity contribution in [2.45, 2.75) is 6.54 Å². The molecule has 0 aromatic heterocycles. The molecule has 2 rings (SSSR count). The van der Waals surface area contributed by atoms with Gasteiger partial charge in [-0.25, -0.2) is 17.6 Å². The summed E-state index contributed by atoms with van der Waals surface area (Å²) in [5.74, 6) is -4.67. The van der Waals surface area contributed by atoms with Crippen LogP contribution in [0.15, 0.2) is 36.4 Å². The average Bonchev–Trinajstić information content (AvgIpc) is 2.59. The topological polar surface area (TPSA) is 61.4 Å². The first-order valence-corrected chi connectivity index (χ1v) is 7.88. The predicted octanol–water partition coefficient (Wildman–Crippen LogP) is 2.43. The Kier molecular flexibility index (Phi) is 6.89. The Labute approximate surface area is 153 Å². The zero-order chi connectivity index (χ0) is 20.0. The monoisotopic (exact) mass is 383 g/mol. The maximum absolute atomic E-state index is 13.6. The van der Waals surface area contributed by atoms with E-state index in [2.05, 4.69) is 10.6 Å². The number of nitrogens with zero attached hydrogens (tertiary/aromatic N) is 1. The van der Waals surface area contributed by atoms with Gasteiger partial charge in [0.15, 0.2) is 11.6 Å². The Balaban J connectivity index is 1.77. The minimum Gasteiger partial charge on any atom is -0.346 e. The third-order valence-corrected chi connectivity index (χ3v) is 3.52. The van der Waals surface area contributed by atoms with E-state index in [4.69, 9.17) is 0 Å². The molecule has 2 amide bonds. The van der Waals surface area contributed by atoms with Crippen LogP contribution in [-0.4, -0.2) is 36.9 Å². The highest BCUT2D eigenvalue weighted by Crippen LogP contribution is 2.13. The van der Waals surface area contributed by atoms with E-state index in [0.717, 1.165) is 24.3 Å². The molecule has 27 heavy (non-hydrogen) atoms. The second-order valence-corrected chi connectivity index (χ2v) is 5.86. The number of hydrogen-bond donors (Lipinski definition) is 2. The summed E-state index contributed by atoms with van der Waals surface area (Å²) in [6.45, 7) is -0.438. The van der Waals surface area contributed by atoms with Gasteiger partial charge in [0.2, 0.25) is 11.8 Å². The highest BCUT2D eigenvalue weighted by molar-refractivity contribution is 5.94. The third kappa shape index (κ3) is 6.37. The van der Waals surface area contributed by atoms with Gasteiger partial charge in [-0.1, -0.05) is 6.07 Å². The maximum Gasteiger partial charge on any atom is 0.243 e. The number of hydrogen-bond acceptors (Lipinski definition) is 3. The summed E-state index contributed by atoms with van der Waals surface area (Å²) in [6, 6.07) is 6.03. The molecule has 9 heteroatoms. The number of anilines is 1. The first-order chi connectivity index (χ1) is 12.7. The van der Waals surface area contributed by atoms with Crippen LogP contribution in [0.2, 0.25) is 0 Å². The van der Waals surface area contributed by atoms with Crippen LogP contribution in [-0.2, 0) is 16.1 Å². The molecule has 144 valence electrons. The van der Waals surface area contributed by atoms with E-state index >= 15 is 0 Å². The van der Waals surface area contributed by atoms with Crippen LogP contribution in [0.1, 0.15) is 5.56 Å². The van der Waals surface area contributed by atoms with Crippen molar-refractivity contribution in [3.63, 3.8) is 0 Å². The summed E-state index contributed by atoms with van der Waals surface area (Å²) in [7, 11) is 1.56. The maximum atomic E-state index is 13.6. The van der Waals surface area contributed by atoms with Crippen molar-refractivity contribution in [1.29, 1.82) is 0 Å². The highest BCUT2D eigenvalue weighted by Gasteiger charge is 2.12. The van der Waals surface area contributed by atoms with Crippen LogP contribution >= 0.6 is 0 Å². The number of carbonyl (C=O) groups is 2. The molecule has 0 radical (unpaired) electrons. The molecule has 0 bridgehead atoms. The van der Waals surface area contributed by atoms with Gasteiger partial charge in [-0.2, -0.15) is 0 Å². The second kappa shape index (κ2) is 9.13. The molecule has 0 saturated carbocycles. The largest absolute Gasteiger partial charge is 0.346 e. The van der Waals surface area contributed by atoms with Crippen molar-refractivity contribution in [2.75, 3.05) is 25.5 Å². The molecule has 0 spiro atoms. The van der Waals surface area contributed by atoms with E-state index in [1.54, 1.807) is 7.05 Å². The van der Waals surface area contributed by atoms with Crippen molar-refractivity contribution in [3.8, 4) is 0 Å². The van der Waals surface area contributed by atoms with Gasteiger partial charge in [0.05, 0.1) is 13.1 Å². The average molecular weight is 383 g/mol. The molecule has 0 aliphatic heterocycles. The Hall–Kier alpha value is -2.94. The lowest BCUT2D eigenvalue weighted by Crippen LogP contribution is -2.39. The molecule has 0 heterocycles. The normalized spacial score (nSPS) is 10.7. The van der Waals surface area contributed by atoms with Crippen LogP contribution in [0.4, 0.5) is 23.2 Å². The lowest BCUT2D eigenvalue weighted by atomic mass is 10.2. The van der Waals surface area contributed by atoms with Gasteiger partial charge in [-0.05, 0) is 25.2 Å². The van der Waals surface area contributed by atoms with Crippen LogP contribution in [0.5, 0.6) is 0 Å². The summed E-state index contributed by atoms with van der Waals surface area (Å²) in [5, 5.41) is 4.67. The Morgan fingerprint density at radius 2 is 1.67 bits per heavy atom. The molecule has 0 fully saturated rings. The van der Waals surface area contributed by atoms with Crippen LogP contribution in [0.3, 0.4) is 0 Å². The number of halogens is 4. The fourth-order valence-electron chi connectivity index (χ4n) is 2.26. The molecule has 2 aromatic carbocycles. The standard InChI is InChI=1S/C18H17F4N3O2/c1-25(9-11-2-3-12(19)6-15(11)21)10-18(27)23-8-17(26)24-13-4-5-14(20)16(22)7-13/h2-7H,8-10H2,1H3,(H,23,27)(H,24,26). The van der Waals surface area contributed by atoms with Gasteiger partial charge in [0.1, 0.15) is 11.6 Å². The quantitative estimate of drug-likeness (QED) is 0.722. The van der Waals surface area contributed by atoms with Crippen molar-refractivity contribution >= 4 is 17.5 Å². The molecule has 5 nitrogen and oxygen atoms in total. The molecule has 0 unspecified atom stereocenters. The fraction of sp³-hybridized carbons (Fsp3) is 0.222. The minimum absolute atomic E-state index is 0.0528. The van der Waals surface area contributed by atoms with E-state index in [-0.39, 0.29) is 30.9 Å². The minimum atomic E-state index is -1.11. The van der Waals surface area contributed by atoms with E-state index in [1.807, 2.05) is 0 Å². The number of likely N-dealkylation sites (N-methyl/N-ethyl adjacent to an activating group) is 1. The predicted molar refractivity (Wildman–Crippen MR) is 90.7 cm³/mol. The first kappa shape index (κ1) is 20.4. The van der Waals surface area contributed by atoms with Crippen LogP contribution in [0.25, 0.3) is 0 Å². The molecular formula is C18H17F4N3O2. The molecule has 0 aliphatic rings. The fourth-order valence-corrected chi connectivity index (χ4v) is 2.26. The SMILES string of the molecule is CN(CC(=O)NCC(=O)Nc1ccc(F)c(F)c1)Cc1ccc(F)cc1F. The van der Waals surface area contributed by atoms with Crippen molar-refractivity contribution < 1.29 is 27.2 Å². The summed E-state index contributed by atoms with van der Waals surface area (Å²) >= 11 is 0. The van der Waals surface area contributed by atoms with E-state index in [9.17, 15) is 27.2 Å². The second-order valence-electron chi connectivity index (χ2n) is 5.86. The van der Waals surface area contributed by atoms with Gasteiger partial charge in [0, 0.05) is 29.9 Å². The smallest absolute Gasteiger partial charge is 0.243 e. The lowest BCUT2D eigenvalue weighted by Gasteiger charge is -2.16. The summed E-state index contributed by atoms with van der Waals surface area (Å²) < 4.78 is 52.4. The van der Waals surface area contributed by atoms with Gasteiger partial charge in [-0.15, -0.1) is 0 Å². The molecule has 0 aliphatic carbocycles. The van der Waals surface area contributed by atoms with Crippen molar-refractivity contribution in [2.24, 2.45) is 0 Å². The van der Waals surface area contributed by atoms with Crippen molar-refractivity contribution in [3.05, 3.63) is 65.2 Å². The van der Waals surface area contributed by atoms with Gasteiger partial charge in [-0.3, -0.25) is 14.5 Å². The number of carbonyl (C=O) groups excluding carboxylic acids is 2. The molecule has 0 atom stereocenters. The zero-order valence-electron chi connectivity index (χ0n) is 14.4. The molecule has 2 N–H and O–H groups in total. The van der Waals surface area contributed by atoms with Crippen molar-refractivity contribution in [1.82, 2.24) is 10.2 Å². The Bertz CT molecular complexity index is 845. The summed E-state index contributed by atoms with van der Waals surface area (Å²) in [5.41, 5.74) is 0.278. The number of benzene rings is 2. The Morgan fingerprint density at radius 3 is 2.33 bits per heavy atom. The summed E-state index contributed by atoms with van der Waals surface area (Å²) in [4.78, 5) is 25.1. The number of nitrogens with one attached hydrogen (secondary N) is 2. The Morgan fingerprint density at radius 1 is 0.926 bits per heavy atom. The third-order valence-electron chi connectivity index (χ3n) is 3.52. The summed E-state index contributed by atoms with van der Waals surface area (Å²) in [6.07, 6.45) is 0. The zero-order valence-corrected chi connectivity index (χ0v) is 14.4. The van der Waals surface area contributed by atoms with E-state index < -0.39 is 35.1 Å². The van der Waals surface area contributed by atoms with Gasteiger partial charge >= 0.3 is 0 Å². The van der Waals surface area contributed by atoms with Crippen LogP contribution < -0.4 is 10.6 Å². The molecular weight excluding hydrogens is 366 g/mol. The number of rotatable bonds is 7. The van der Waals surface area contributed by atoms with Gasteiger partial charge < -0.3 is 10.6 Å². The molecule has 2 aromatic rings. The van der Waals surface area contributed by atoms with Crippen LogP contribution in [0, 0.1) is 23.3 Å². The number of amides is 2. The van der Waals surface area contributed by atoms with Gasteiger partial charge in [0.25, 0.3) is 0 Å².